The highest BCUT2D eigenvalue weighted by Gasteiger charge is 2.08. The first-order valence-corrected chi connectivity index (χ1v) is 8.29. The summed E-state index contributed by atoms with van der Waals surface area (Å²) in [6, 6.07) is 17.7. The van der Waals surface area contributed by atoms with E-state index in [1.165, 1.54) is 6.07 Å². The molecule has 1 amide bonds. The van der Waals surface area contributed by atoms with Crippen LogP contribution in [0.1, 0.15) is 16.1 Å². The summed E-state index contributed by atoms with van der Waals surface area (Å²) in [5.74, 6) is 0.221. The largest absolute Gasteiger partial charge is 0.497 e. The second-order valence-corrected chi connectivity index (χ2v) is 5.76. The average molecular weight is 350 g/mol. The standard InChI is InChI=1S/C21H19FN2O2/c1-26-18-7-4-6-16(13-18)17-9-10-20(24-14-17)21(25)23-12-11-15-5-2-3-8-19(15)22/h2-10,13-14H,11-12H2,1H3,(H,23,25). The van der Waals surface area contributed by atoms with Crippen molar-refractivity contribution in [3.8, 4) is 16.9 Å². The molecule has 0 atom stereocenters. The van der Waals surface area contributed by atoms with Crippen LogP contribution >= 0.6 is 0 Å². The Labute approximate surface area is 151 Å². The number of aromatic nitrogens is 1. The van der Waals surface area contributed by atoms with E-state index < -0.39 is 0 Å². The molecule has 0 unspecified atom stereocenters. The van der Waals surface area contributed by atoms with Crippen LogP contribution < -0.4 is 10.1 Å². The maximum Gasteiger partial charge on any atom is 0.269 e. The van der Waals surface area contributed by atoms with Crippen molar-refractivity contribution in [3.63, 3.8) is 0 Å². The third-order valence-electron chi connectivity index (χ3n) is 4.04. The highest BCUT2D eigenvalue weighted by molar-refractivity contribution is 5.92. The fourth-order valence-corrected chi connectivity index (χ4v) is 2.60. The molecule has 0 bridgehead atoms. The van der Waals surface area contributed by atoms with Crippen molar-refractivity contribution in [2.24, 2.45) is 0 Å². The van der Waals surface area contributed by atoms with E-state index in [1.54, 1.807) is 37.6 Å². The van der Waals surface area contributed by atoms with Gasteiger partial charge in [0, 0.05) is 18.3 Å². The number of nitrogens with one attached hydrogen (secondary N) is 1. The van der Waals surface area contributed by atoms with Gasteiger partial charge in [-0.2, -0.15) is 0 Å². The molecular formula is C21H19FN2O2. The fourth-order valence-electron chi connectivity index (χ4n) is 2.60. The summed E-state index contributed by atoms with van der Waals surface area (Å²) in [4.78, 5) is 16.4. The smallest absolute Gasteiger partial charge is 0.269 e. The van der Waals surface area contributed by atoms with Gasteiger partial charge in [-0.25, -0.2) is 4.39 Å². The molecule has 4 nitrogen and oxygen atoms in total. The van der Waals surface area contributed by atoms with Gasteiger partial charge in [-0.05, 0) is 41.8 Å². The number of pyridine rings is 1. The van der Waals surface area contributed by atoms with Crippen LogP contribution in [0.25, 0.3) is 11.1 Å². The monoisotopic (exact) mass is 350 g/mol. The number of nitrogens with zero attached hydrogens (tertiary/aromatic N) is 1. The molecule has 0 aliphatic carbocycles. The van der Waals surface area contributed by atoms with Gasteiger partial charge in [-0.3, -0.25) is 9.78 Å². The molecule has 0 fully saturated rings. The van der Waals surface area contributed by atoms with E-state index in [9.17, 15) is 9.18 Å². The first-order chi connectivity index (χ1) is 12.7. The third-order valence-corrected chi connectivity index (χ3v) is 4.04. The molecule has 1 aromatic heterocycles. The maximum atomic E-state index is 13.6. The van der Waals surface area contributed by atoms with Gasteiger partial charge in [0.1, 0.15) is 17.3 Å². The van der Waals surface area contributed by atoms with Gasteiger partial charge >= 0.3 is 0 Å². The summed E-state index contributed by atoms with van der Waals surface area (Å²) in [6.07, 6.45) is 2.08. The van der Waals surface area contributed by atoms with E-state index >= 15 is 0 Å². The Hall–Kier alpha value is -3.21. The molecule has 0 spiro atoms. The highest BCUT2D eigenvalue weighted by Crippen LogP contribution is 2.23. The van der Waals surface area contributed by atoms with Gasteiger partial charge < -0.3 is 10.1 Å². The lowest BCUT2D eigenvalue weighted by Crippen LogP contribution is -2.26. The summed E-state index contributed by atoms with van der Waals surface area (Å²) in [7, 11) is 1.62. The highest BCUT2D eigenvalue weighted by atomic mass is 19.1. The molecular weight excluding hydrogens is 331 g/mol. The number of amides is 1. The Bertz CT molecular complexity index is 895. The molecule has 2 aromatic carbocycles. The van der Waals surface area contributed by atoms with Crippen molar-refractivity contribution in [2.45, 2.75) is 6.42 Å². The number of ether oxygens (including phenoxy) is 1. The zero-order chi connectivity index (χ0) is 18.4. The Morgan fingerprint density at radius 1 is 1.08 bits per heavy atom. The summed E-state index contributed by atoms with van der Waals surface area (Å²) in [5.41, 5.74) is 2.76. The van der Waals surface area contributed by atoms with Crippen molar-refractivity contribution < 1.29 is 13.9 Å². The number of carbonyl (C=O) groups is 1. The van der Waals surface area contributed by atoms with E-state index in [4.69, 9.17) is 4.74 Å². The van der Waals surface area contributed by atoms with Crippen LogP contribution in [0.3, 0.4) is 0 Å². The van der Waals surface area contributed by atoms with Crippen LogP contribution in [0.2, 0.25) is 0 Å². The van der Waals surface area contributed by atoms with Gasteiger partial charge in [0.25, 0.3) is 5.91 Å². The van der Waals surface area contributed by atoms with E-state index in [0.29, 0.717) is 24.2 Å². The quantitative estimate of drug-likeness (QED) is 0.734. The number of benzene rings is 2. The molecule has 0 radical (unpaired) electrons. The van der Waals surface area contributed by atoms with Crippen LogP contribution in [0, 0.1) is 5.82 Å². The summed E-state index contributed by atoms with van der Waals surface area (Å²) >= 11 is 0. The lowest BCUT2D eigenvalue weighted by molar-refractivity contribution is 0.0949. The predicted octanol–water partition coefficient (Wildman–Crippen LogP) is 3.87. The zero-order valence-corrected chi connectivity index (χ0v) is 14.4. The number of carbonyl (C=O) groups excluding carboxylic acids is 1. The van der Waals surface area contributed by atoms with Gasteiger partial charge in [-0.15, -0.1) is 0 Å². The summed E-state index contributed by atoms with van der Waals surface area (Å²) in [6.45, 7) is 0.346. The summed E-state index contributed by atoms with van der Waals surface area (Å²) in [5, 5.41) is 2.76. The number of rotatable bonds is 6. The minimum absolute atomic E-state index is 0.262. The molecule has 0 saturated carbocycles. The predicted molar refractivity (Wildman–Crippen MR) is 98.7 cm³/mol. The zero-order valence-electron chi connectivity index (χ0n) is 14.4. The fraction of sp³-hybridized carbons (Fsp3) is 0.143. The van der Waals surface area contributed by atoms with Crippen molar-refractivity contribution in [2.75, 3.05) is 13.7 Å². The molecule has 1 N–H and O–H groups in total. The normalized spacial score (nSPS) is 10.4. The number of methoxy groups -OCH3 is 1. The SMILES string of the molecule is COc1cccc(-c2ccc(C(=O)NCCc3ccccc3F)nc2)c1. The minimum atomic E-state index is -0.279. The van der Waals surface area contributed by atoms with Crippen molar-refractivity contribution >= 4 is 5.91 Å². The molecule has 0 saturated heterocycles. The van der Waals surface area contributed by atoms with E-state index in [1.807, 2.05) is 30.3 Å². The molecule has 0 aliphatic heterocycles. The van der Waals surface area contributed by atoms with Crippen LogP contribution in [-0.4, -0.2) is 24.5 Å². The molecule has 0 aliphatic rings. The van der Waals surface area contributed by atoms with Crippen molar-refractivity contribution in [1.82, 2.24) is 10.3 Å². The van der Waals surface area contributed by atoms with Crippen molar-refractivity contribution in [1.29, 1.82) is 0 Å². The Morgan fingerprint density at radius 3 is 2.65 bits per heavy atom. The number of hydrogen-bond donors (Lipinski definition) is 1. The lowest BCUT2D eigenvalue weighted by Gasteiger charge is -2.07. The molecule has 26 heavy (non-hydrogen) atoms. The Balaban J connectivity index is 1.61. The first kappa shape index (κ1) is 17.6. The van der Waals surface area contributed by atoms with E-state index in [2.05, 4.69) is 10.3 Å². The molecule has 3 rings (SSSR count). The number of hydrogen-bond acceptors (Lipinski definition) is 3. The summed E-state index contributed by atoms with van der Waals surface area (Å²) < 4.78 is 18.8. The first-order valence-electron chi connectivity index (χ1n) is 8.29. The topological polar surface area (TPSA) is 51.2 Å². The van der Waals surface area contributed by atoms with E-state index in [-0.39, 0.29) is 11.7 Å². The second-order valence-electron chi connectivity index (χ2n) is 5.76. The molecule has 1 heterocycles. The molecule has 132 valence electrons. The van der Waals surface area contributed by atoms with Crippen LogP contribution in [0.4, 0.5) is 4.39 Å². The Morgan fingerprint density at radius 2 is 1.92 bits per heavy atom. The molecule has 3 aromatic rings. The average Bonchev–Trinajstić information content (AvgIpc) is 2.69. The van der Waals surface area contributed by atoms with Crippen LogP contribution in [0.5, 0.6) is 5.75 Å². The lowest BCUT2D eigenvalue weighted by atomic mass is 10.1. The molecule has 5 heteroatoms. The van der Waals surface area contributed by atoms with Crippen LogP contribution in [0.15, 0.2) is 66.9 Å². The minimum Gasteiger partial charge on any atom is -0.497 e. The number of halogens is 1. The van der Waals surface area contributed by atoms with Crippen molar-refractivity contribution in [3.05, 3.63) is 83.9 Å². The van der Waals surface area contributed by atoms with Crippen LogP contribution in [-0.2, 0) is 6.42 Å². The van der Waals surface area contributed by atoms with Gasteiger partial charge in [-0.1, -0.05) is 36.4 Å². The van der Waals surface area contributed by atoms with Gasteiger partial charge in [0.15, 0.2) is 0 Å². The van der Waals surface area contributed by atoms with Gasteiger partial charge in [0.05, 0.1) is 7.11 Å². The maximum absolute atomic E-state index is 13.6. The second kappa shape index (κ2) is 8.25. The third kappa shape index (κ3) is 4.25. The Kier molecular flexibility index (Phi) is 5.59. The van der Waals surface area contributed by atoms with Gasteiger partial charge in [0.2, 0.25) is 0 Å². The van der Waals surface area contributed by atoms with E-state index in [0.717, 1.165) is 16.9 Å².